The maximum atomic E-state index is 6.18. The molecule has 1 unspecified atom stereocenters. The van der Waals surface area contributed by atoms with E-state index in [1.807, 2.05) is 12.1 Å². The van der Waals surface area contributed by atoms with E-state index in [2.05, 4.69) is 5.43 Å². The molecule has 3 N–H and O–H groups in total. The topological polar surface area (TPSA) is 69.7 Å². The third-order valence-corrected chi connectivity index (χ3v) is 3.11. The molecular weight excluding hydrogens is 268 g/mol. The number of halogens is 1. The molecule has 0 amide bonds. The van der Waals surface area contributed by atoms with Gasteiger partial charge in [0.2, 0.25) is 0 Å². The van der Waals surface area contributed by atoms with Crippen molar-refractivity contribution in [3.63, 3.8) is 0 Å². The van der Waals surface area contributed by atoms with Crippen molar-refractivity contribution in [2.75, 3.05) is 14.2 Å². The fraction of sp³-hybridized carbons (Fsp3) is 0.231. The van der Waals surface area contributed by atoms with Gasteiger partial charge in [-0.15, -0.1) is 0 Å². The van der Waals surface area contributed by atoms with Crippen molar-refractivity contribution >= 4 is 11.6 Å². The van der Waals surface area contributed by atoms with Crippen LogP contribution in [0.4, 0.5) is 0 Å². The second-order valence-corrected chi connectivity index (χ2v) is 4.30. The Morgan fingerprint density at radius 2 is 2.05 bits per heavy atom. The maximum absolute atomic E-state index is 6.18. The minimum atomic E-state index is -0.240. The Balaban J connectivity index is 2.47. The van der Waals surface area contributed by atoms with Crippen LogP contribution in [-0.2, 0) is 0 Å². The van der Waals surface area contributed by atoms with Crippen LogP contribution in [0.2, 0.25) is 5.02 Å². The lowest BCUT2D eigenvalue weighted by Gasteiger charge is -2.18. The zero-order chi connectivity index (χ0) is 13.8. The van der Waals surface area contributed by atoms with Crippen LogP contribution in [0.3, 0.4) is 0 Å². The Kier molecular flexibility index (Phi) is 4.31. The fourth-order valence-corrected chi connectivity index (χ4v) is 2.22. The lowest BCUT2D eigenvalue weighted by atomic mass is 10.0. The van der Waals surface area contributed by atoms with Gasteiger partial charge in [0.15, 0.2) is 11.5 Å². The van der Waals surface area contributed by atoms with Gasteiger partial charge in [0, 0.05) is 5.56 Å². The van der Waals surface area contributed by atoms with Crippen molar-refractivity contribution in [2.45, 2.75) is 6.04 Å². The van der Waals surface area contributed by atoms with Crippen molar-refractivity contribution in [1.29, 1.82) is 0 Å². The summed E-state index contributed by atoms with van der Waals surface area (Å²) in [4.78, 5) is 0. The van der Waals surface area contributed by atoms with Crippen molar-refractivity contribution in [3.05, 3.63) is 46.9 Å². The molecular formula is C13H15ClN2O3. The largest absolute Gasteiger partial charge is 0.493 e. The highest BCUT2D eigenvalue weighted by atomic mass is 35.5. The molecule has 0 aliphatic heterocycles. The van der Waals surface area contributed by atoms with Gasteiger partial charge in [-0.3, -0.25) is 5.84 Å². The first-order valence-electron chi connectivity index (χ1n) is 5.61. The van der Waals surface area contributed by atoms with E-state index in [-0.39, 0.29) is 6.04 Å². The molecule has 2 aromatic rings. The molecule has 2 rings (SSSR count). The molecule has 19 heavy (non-hydrogen) atoms. The highest BCUT2D eigenvalue weighted by molar-refractivity contribution is 6.32. The van der Waals surface area contributed by atoms with E-state index in [1.165, 1.54) is 7.11 Å². The first-order chi connectivity index (χ1) is 9.21. The summed E-state index contributed by atoms with van der Waals surface area (Å²) in [5, 5.41) is 0.459. The SMILES string of the molecule is COc1cc(C(NN)c2ccoc2)cc(Cl)c1OC. The van der Waals surface area contributed by atoms with E-state index in [4.69, 9.17) is 31.3 Å². The van der Waals surface area contributed by atoms with Crippen LogP contribution in [0.1, 0.15) is 17.2 Å². The zero-order valence-corrected chi connectivity index (χ0v) is 11.4. The molecule has 0 aliphatic carbocycles. The predicted octanol–water partition coefficient (Wildman–Crippen LogP) is 2.50. The molecule has 1 aromatic carbocycles. The van der Waals surface area contributed by atoms with Gasteiger partial charge in [-0.25, -0.2) is 5.43 Å². The number of nitrogens with two attached hydrogens (primary N) is 1. The molecule has 1 atom stereocenters. The van der Waals surface area contributed by atoms with Gasteiger partial charge in [0.1, 0.15) is 0 Å². The Labute approximate surface area is 116 Å². The van der Waals surface area contributed by atoms with E-state index >= 15 is 0 Å². The van der Waals surface area contributed by atoms with Crippen LogP contribution in [0.5, 0.6) is 11.5 Å². The first-order valence-corrected chi connectivity index (χ1v) is 5.98. The van der Waals surface area contributed by atoms with E-state index < -0.39 is 0 Å². The third-order valence-electron chi connectivity index (χ3n) is 2.83. The molecule has 6 heteroatoms. The monoisotopic (exact) mass is 282 g/mol. The number of methoxy groups -OCH3 is 2. The normalized spacial score (nSPS) is 12.2. The van der Waals surface area contributed by atoms with Crippen LogP contribution in [-0.4, -0.2) is 14.2 Å². The highest BCUT2D eigenvalue weighted by Crippen LogP contribution is 2.38. The Morgan fingerprint density at radius 3 is 2.58 bits per heavy atom. The standard InChI is InChI=1S/C13H15ClN2O3/c1-17-11-6-9(5-10(14)13(11)18-2)12(16-15)8-3-4-19-7-8/h3-7,12,16H,15H2,1-2H3. The maximum Gasteiger partial charge on any atom is 0.179 e. The average molecular weight is 283 g/mol. The Morgan fingerprint density at radius 1 is 1.26 bits per heavy atom. The lowest BCUT2D eigenvalue weighted by Crippen LogP contribution is -2.28. The first kappa shape index (κ1) is 13.7. The molecule has 0 spiro atoms. The van der Waals surface area contributed by atoms with Crippen LogP contribution >= 0.6 is 11.6 Å². The second-order valence-electron chi connectivity index (χ2n) is 3.89. The van der Waals surface area contributed by atoms with Crippen LogP contribution in [0.25, 0.3) is 0 Å². The van der Waals surface area contributed by atoms with Crippen molar-refractivity contribution < 1.29 is 13.9 Å². The number of furan rings is 1. The summed E-state index contributed by atoms with van der Waals surface area (Å²) in [6.07, 6.45) is 3.21. The smallest absolute Gasteiger partial charge is 0.179 e. The molecule has 0 fully saturated rings. The molecule has 102 valence electrons. The minimum Gasteiger partial charge on any atom is -0.493 e. The van der Waals surface area contributed by atoms with Gasteiger partial charge in [-0.2, -0.15) is 0 Å². The number of rotatable bonds is 5. The van der Waals surface area contributed by atoms with E-state index in [1.54, 1.807) is 25.7 Å². The molecule has 1 heterocycles. The zero-order valence-electron chi connectivity index (χ0n) is 10.6. The van der Waals surface area contributed by atoms with Crippen LogP contribution < -0.4 is 20.7 Å². The summed E-state index contributed by atoms with van der Waals surface area (Å²) < 4.78 is 15.5. The number of hydrogen-bond donors (Lipinski definition) is 2. The fourth-order valence-electron chi connectivity index (χ4n) is 1.93. The molecule has 0 bridgehead atoms. The van der Waals surface area contributed by atoms with Crippen LogP contribution in [0.15, 0.2) is 35.1 Å². The number of nitrogens with one attached hydrogen (secondary N) is 1. The average Bonchev–Trinajstić information content (AvgIpc) is 2.92. The third kappa shape index (κ3) is 2.68. The summed E-state index contributed by atoms with van der Waals surface area (Å²) in [6, 6.07) is 5.19. The molecule has 0 saturated heterocycles. The van der Waals surface area contributed by atoms with Crippen molar-refractivity contribution in [2.24, 2.45) is 5.84 Å². The number of hydrazine groups is 1. The number of hydrogen-bond acceptors (Lipinski definition) is 5. The summed E-state index contributed by atoms with van der Waals surface area (Å²) in [7, 11) is 3.10. The summed E-state index contributed by atoms with van der Waals surface area (Å²) in [6.45, 7) is 0. The lowest BCUT2D eigenvalue weighted by molar-refractivity contribution is 0.354. The Hall–Kier alpha value is -1.69. The van der Waals surface area contributed by atoms with Gasteiger partial charge in [-0.1, -0.05) is 11.6 Å². The summed E-state index contributed by atoms with van der Waals surface area (Å²) >= 11 is 6.18. The van der Waals surface area contributed by atoms with Crippen molar-refractivity contribution in [3.8, 4) is 11.5 Å². The van der Waals surface area contributed by atoms with Gasteiger partial charge >= 0.3 is 0 Å². The van der Waals surface area contributed by atoms with E-state index in [0.717, 1.165) is 11.1 Å². The summed E-state index contributed by atoms with van der Waals surface area (Å²) in [5.41, 5.74) is 4.47. The minimum absolute atomic E-state index is 0.240. The quantitative estimate of drug-likeness (QED) is 0.651. The Bertz CT molecular complexity index is 543. The molecule has 0 aliphatic rings. The second kappa shape index (κ2) is 5.97. The van der Waals surface area contributed by atoms with Gasteiger partial charge in [0.05, 0.1) is 37.8 Å². The highest BCUT2D eigenvalue weighted by Gasteiger charge is 2.18. The van der Waals surface area contributed by atoms with Crippen LogP contribution in [0, 0.1) is 0 Å². The number of ether oxygens (including phenoxy) is 2. The van der Waals surface area contributed by atoms with Gasteiger partial charge < -0.3 is 13.9 Å². The predicted molar refractivity (Wildman–Crippen MR) is 72.4 cm³/mol. The van der Waals surface area contributed by atoms with Crippen molar-refractivity contribution in [1.82, 2.24) is 5.43 Å². The molecule has 1 aromatic heterocycles. The van der Waals surface area contributed by atoms with E-state index in [9.17, 15) is 0 Å². The van der Waals surface area contributed by atoms with E-state index in [0.29, 0.717) is 16.5 Å². The number of benzene rings is 1. The molecule has 0 radical (unpaired) electrons. The molecule has 0 saturated carbocycles. The van der Waals surface area contributed by atoms with Gasteiger partial charge in [-0.05, 0) is 23.8 Å². The molecule has 5 nitrogen and oxygen atoms in total. The summed E-state index contributed by atoms with van der Waals surface area (Å²) in [5.74, 6) is 6.65. The van der Waals surface area contributed by atoms with Gasteiger partial charge in [0.25, 0.3) is 0 Å².